The fourth-order valence-electron chi connectivity index (χ4n) is 12.9. The highest BCUT2D eigenvalue weighted by atomic mass is 16.5. The van der Waals surface area contributed by atoms with Crippen LogP contribution in [0, 0.1) is 20.8 Å². The third kappa shape index (κ3) is 8.93. The fourth-order valence-corrected chi connectivity index (χ4v) is 12.9. The van der Waals surface area contributed by atoms with Gasteiger partial charge in [-0.25, -0.2) is 0 Å². The number of fused-ring (bicyclic) bond motifs is 11. The van der Waals surface area contributed by atoms with Crippen LogP contribution in [0.1, 0.15) is 91.6 Å². The van der Waals surface area contributed by atoms with Crippen LogP contribution in [0.3, 0.4) is 0 Å². The zero-order valence-electron chi connectivity index (χ0n) is 47.7. The highest BCUT2D eigenvalue weighted by Crippen LogP contribution is 2.56. The Hall–Kier alpha value is -9.18. The maximum absolute atomic E-state index is 6.65. The minimum Gasteiger partial charge on any atom is -0.456 e. The Labute approximate surface area is 477 Å². The van der Waals surface area contributed by atoms with Gasteiger partial charge in [-0.2, -0.15) is 0 Å². The van der Waals surface area contributed by atoms with Crippen molar-refractivity contribution in [2.24, 2.45) is 0 Å². The SMILES string of the molecule is Cc1cccc(-c2cccc3c2Oc2c(ccc4ccccc24)C3(C)C)c1.Cc1cccc(-c2cccc3c2Oc2cc4ccccc4cc2C3(C)C)c1.Cc1cccc(-c2cccc3c2Oc2ccc4ccccc4c2C3(C)C)c1. The Kier molecular flexibility index (Phi) is 12.6. The molecule has 3 heteroatoms. The number of benzene rings is 12. The first kappa shape index (κ1) is 51.3. The topological polar surface area (TPSA) is 27.7 Å². The second kappa shape index (κ2) is 19.9. The van der Waals surface area contributed by atoms with Gasteiger partial charge in [0.25, 0.3) is 0 Å². The van der Waals surface area contributed by atoms with Crippen molar-refractivity contribution in [1.82, 2.24) is 0 Å². The van der Waals surface area contributed by atoms with Crippen molar-refractivity contribution in [3.63, 3.8) is 0 Å². The summed E-state index contributed by atoms with van der Waals surface area (Å²) in [6, 6.07) is 84.1. The molecule has 0 aromatic heterocycles. The monoisotopic (exact) mass is 1050 g/mol. The van der Waals surface area contributed by atoms with Crippen LogP contribution in [-0.2, 0) is 16.2 Å². The molecule has 396 valence electrons. The summed E-state index contributed by atoms with van der Waals surface area (Å²) in [5.41, 5.74) is 17.9. The van der Waals surface area contributed by atoms with Gasteiger partial charge in [0.2, 0.25) is 0 Å². The fraction of sp³-hybridized carbons (Fsp3) is 0.154. The maximum Gasteiger partial charge on any atom is 0.139 e. The minimum absolute atomic E-state index is 0.118. The van der Waals surface area contributed by atoms with Crippen LogP contribution in [0.25, 0.3) is 65.7 Å². The van der Waals surface area contributed by atoms with E-state index in [0.29, 0.717) is 0 Å². The van der Waals surface area contributed by atoms with Crippen LogP contribution in [0.4, 0.5) is 0 Å². The van der Waals surface area contributed by atoms with Crippen molar-refractivity contribution >= 4 is 32.3 Å². The van der Waals surface area contributed by atoms with Crippen LogP contribution in [0.2, 0.25) is 0 Å². The molecule has 0 radical (unpaired) electrons. The molecule has 0 spiro atoms. The van der Waals surface area contributed by atoms with Crippen molar-refractivity contribution in [3.05, 3.63) is 287 Å². The largest absolute Gasteiger partial charge is 0.456 e. The summed E-state index contributed by atoms with van der Waals surface area (Å²) in [4.78, 5) is 0. The molecule has 3 heterocycles. The van der Waals surface area contributed by atoms with Crippen LogP contribution < -0.4 is 14.2 Å². The first-order valence-electron chi connectivity index (χ1n) is 28.4. The Morgan fingerprint density at radius 3 is 1.19 bits per heavy atom. The van der Waals surface area contributed by atoms with Crippen molar-refractivity contribution in [2.75, 3.05) is 0 Å². The van der Waals surface area contributed by atoms with E-state index >= 15 is 0 Å². The van der Waals surface area contributed by atoms with E-state index < -0.39 is 0 Å². The molecule has 3 nitrogen and oxygen atoms in total. The standard InChI is InChI=1S/3C26H22O/c1-17-8-6-10-19(16-17)21-12-7-13-22-25(21)27-23-15-14-18-9-4-5-11-20(18)24(23)26(22,2)3;1-17-8-6-10-19(16-17)21-12-7-13-22-25(21)27-24-20-11-5-4-9-18(20)14-15-23(24)26(22,2)3;1-17-8-6-11-20(14-17)21-12-7-13-22-25(21)27-24-16-19-10-5-4-9-18(19)15-23(24)26(22,2)3/h3*4-16H,1-3H3. The molecule has 0 fully saturated rings. The van der Waals surface area contributed by atoms with Crippen molar-refractivity contribution < 1.29 is 14.2 Å². The third-order valence-corrected chi connectivity index (χ3v) is 17.3. The van der Waals surface area contributed by atoms with E-state index in [2.05, 4.69) is 299 Å². The van der Waals surface area contributed by atoms with Crippen LogP contribution >= 0.6 is 0 Å². The van der Waals surface area contributed by atoms with E-state index in [1.54, 1.807) is 0 Å². The van der Waals surface area contributed by atoms with Crippen LogP contribution in [-0.4, -0.2) is 0 Å². The Morgan fingerprint density at radius 1 is 0.259 bits per heavy atom. The second-order valence-corrected chi connectivity index (χ2v) is 23.9. The van der Waals surface area contributed by atoms with Gasteiger partial charge in [-0.05, 0) is 82.6 Å². The molecule has 0 bridgehead atoms. The Bertz CT molecular complexity index is 4360. The maximum atomic E-state index is 6.65. The molecule has 0 atom stereocenters. The molecule has 12 aromatic rings. The lowest BCUT2D eigenvalue weighted by Crippen LogP contribution is -2.25. The number of hydrogen-bond acceptors (Lipinski definition) is 3. The van der Waals surface area contributed by atoms with Crippen LogP contribution in [0.15, 0.2) is 237 Å². The van der Waals surface area contributed by atoms with E-state index in [1.165, 1.54) is 99.1 Å². The van der Waals surface area contributed by atoms with Gasteiger partial charge in [-0.1, -0.05) is 277 Å². The molecule has 0 amide bonds. The van der Waals surface area contributed by atoms with Crippen LogP contribution in [0.5, 0.6) is 34.5 Å². The quantitative estimate of drug-likeness (QED) is 0.176. The summed E-state index contributed by atoms with van der Waals surface area (Å²) < 4.78 is 19.7. The van der Waals surface area contributed by atoms with Gasteiger partial charge in [0.1, 0.15) is 34.5 Å². The number of hydrogen-bond donors (Lipinski definition) is 0. The molecule has 0 saturated heterocycles. The minimum atomic E-state index is -0.135. The number of aryl methyl sites for hydroxylation is 3. The molecule has 0 unspecified atom stereocenters. The molecular formula is C78H66O3. The molecule has 0 saturated carbocycles. The average molecular weight is 1050 g/mol. The van der Waals surface area contributed by atoms with E-state index in [-0.39, 0.29) is 16.2 Å². The van der Waals surface area contributed by atoms with E-state index in [9.17, 15) is 0 Å². The molecule has 3 aliphatic rings. The molecule has 0 aliphatic carbocycles. The van der Waals surface area contributed by atoms with Gasteiger partial charge >= 0.3 is 0 Å². The molecule has 3 aliphatic heterocycles. The summed E-state index contributed by atoms with van der Waals surface area (Å²) in [5.74, 6) is 5.87. The number of rotatable bonds is 3. The third-order valence-electron chi connectivity index (χ3n) is 17.3. The smallest absolute Gasteiger partial charge is 0.139 e. The molecule has 15 rings (SSSR count). The molecule has 12 aromatic carbocycles. The zero-order chi connectivity index (χ0) is 55.8. The van der Waals surface area contributed by atoms with E-state index in [4.69, 9.17) is 14.2 Å². The van der Waals surface area contributed by atoms with E-state index in [0.717, 1.165) is 51.2 Å². The first-order chi connectivity index (χ1) is 39.1. The lowest BCUT2D eigenvalue weighted by Gasteiger charge is -2.36. The number of para-hydroxylation sites is 3. The predicted octanol–water partition coefficient (Wildman–Crippen LogP) is 21.7. The summed E-state index contributed by atoms with van der Waals surface area (Å²) in [6.45, 7) is 20.2. The Balaban J connectivity index is 0.000000114. The van der Waals surface area contributed by atoms with Gasteiger partial charge in [0, 0.05) is 71.7 Å². The molecule has 81 heavy (non-hydrogen) atoms. The summed E-state index contributed by atoms with van der Waals surface area (Å²) >= 11 is 0. The summed E-state index contributed by atoms with van der Waals surface area (Å²) in [6.07, 6.45) is 0. The highest BCUT2D eigenvalue weighted by Gasteiger charge is 2.39. The van der Waals surface area contributed by atoms with Crippen molar-refractivity contribution in [3.8, 4) is 67.9 Å². The predicted molar refractivity (Wildman–Crippen MR) is 338 cm³/mol. The van der Waals surface area contributed by atoms with Gasteiger partial charge in [-0.15, -0.1) is 0 Å². The van der Waals surface area contributed by atoms with E-state index in [1.807, 2.05) is 0 Å². The zero-order valence-corrected chi connectivity index (χ0v) is 47.7. The number of ether oxygens (including phenoxy) is 3. The summed E-state index contributed by atoms with van der Waals surface area (Å²) in [5, 5.41) is 7.38. The highest BCUT2D eigenvalue weighted by molar-refractivity contribution is 5.94. The second-order valence-electron chi connectivity index (χ2n) is 23.9. The van der Waals surface area contributed by atoms with Gasteiger partial charge in [0.05, 0.1) is 0 Å². The summed E-state index contributed by atoms with van der Waals surface area (Å²) in [7, 11) is 0. The first-order valence-corrected chi connectivity index (χ1v) is 28.4. The van der Waals surface area contributed by atoms with Gasteiger partial charge in [0.15, 0.2) is 0 Å². The van der Waals surface area contributed by atoms with Crippen molar-refractivity contribution in [1.29, 1.82) is 0 Å². The van der Waals surface area contributed by atoms with Crippen molar-refractivity contribution in [2.45, 2.75) is 78.6 Å². The van der Waals surface area contributed by atoms with Gasteiger partial charge < -0.3 is 14.2 Å². The normalized spacial score (nSPS) is 14.3. The average Bonchev–Trinajstić information content (AvgIpc) is 3.41. The lowest BCUT2D eigenvalue weighted by atomic mass is 9.73. The molecular weight excluding hydrogens is 985 g/mol. The Morgan fingerprint density at radius 2 is 0.654 bits per heavy atom. The molecule has 0 N–H and O–H groups in total. The lowest BCUT2D eigenvalue weighted by molar-refractivity contribution is 0.420. The van der Waals surface area contributed by atoms with Gasteiger partial charge in [-0.3, -0.25) is 0 Å².